The van der Waals surface area contributed by atoms with E-state index in [1.807, 2.05) is 14.1 Å². The smallest absolute Gasteiger partial charge is 0.391 e. The highest BCUT2D eigenvalue weighted by Crippen LogP contribution is 2.29. The Morgan fingerprint density at radius 3 is 2.62 bits per heavy atom. The van der Waals surface area contributed by atoms with Crippen molar-refractivity contribution in [2.75, 3.05) is 31.3 Å². The number of likely N-dealkylation sites (N-methyl/N-ethyl adjacent to an activating group) is 1. The number of pyridine rings is 1. The van der Waals surface area contributed by atoms with Crippen LogP contribution in [0.3, 0.4) is 0 Å². The number of carbonyl (C=O) groups is 1. The van der Waals surface area contributed by atoms with Crippen molar-refractivity contribution >= 4 is 63.2 Å². The predicted molar refractivity (Wildman–Crippen MR) is 150 cm³/mol. The van der Waals surface area contributed by atoms with Gasteiger partial charge in [-0.25, -0.2) is 15.0 Å². The molecule has 0 spiro atoms. The van der Waals surface area contributed by atoms with Crippen LogP contribution in [0.15, 0.2) is 48.9 Å². The molecule has 3 aromatic heterocycles. The van der Waals surface area contributed by atoms with E-state index in [2.05, 4.69) is 30.6 Å². The van der Waals surface area contributed by atoms with Gasteiger partial charge in [0.2, 0.25) is 11.7 Å². The van der Waals surface area contributed by atoms with Crippen molar-refractivity contribution < 1.29 is 31.2 Å². The number of hydrogen-bond donors (Lipinski definition) is 2. The van der Waals surface area contributed by atoms with Crippen LogP contribution in [0.4, 0.5) is 23.1 Å². The number of imidazole rings is 1. The maximum Gasteiger partial charge on any atom is 0.391 e. The van der Waals surface area contributed by atoms with Crippen LogP contribution < -0.4 is 27.6 Å². The second-order valence-corrected chi connectivity index (χ2v) is 10.3. The van der Waals surface area contributed by atoms with Crippen LogP contribution in [-0.4, -0.2) is 60.5 Å². The third kappa shape index (κ3) is 7.30. The molecular formula is C25H26BrCl2N9O3. The lowest BCUT2D eigenvalue weighted by Gasteiger charge is -2.28. The first kappa shape index (κ1) is 30.9. The van der Waals surface area contributed by atoms with E-state index < -0.39 is 4.92 Å². The Bertz CT molecular complexity index is 1610. The molecule has 3 heterocycles. The minimum atomic E-state index is -0.473. The number of hydrogen-bond acceptors (Lipinski definition) is 8. The number of amides is 1. The van der Waals surface area contributed by atoms with E-state index >= 15 is 0 Å². The summed E-state index contributed by atoms with van der Waals surface area (Å²) >= 11 is 12.1. The minimum Gasteiger partial charge on any atom is -1.00 e. The number of halogens is 3. The van der Waals surface area contributed by atoms with Crippen LogP contribution >= 0.6 is 23.2 Å². The van der Waals surface area contributed by atoms with Gasteiger partial charge in [-0.05, 0) is 40.2 Å². The number of nitrogens with one attached hydrogen (secondary N) is 2. The molecule has 4 rings (SSSR count). The molecule has 2 N–H and O–H groups in total. The predicted octanol–water partition coefficient (Wildman–Crippen LogP) is 1.80. The zero-order chi connectivity index (χ0) is 28.3. The zero-order valence-electron chi connectivity index (χ0n) is 22.0. The summed E-state index contributed by atoms with van der Waals surface area (Å²) in [5.74, 6) is 0.863. The number of nitro groups is 1. The van der Waals surface area contributed by atoms with E-state index in [0.29, 0.717) is 67.4 Å². The standard InChI is InChI=1S/C25H25Cl2N9O3.BrH/c1-15-31-25(35(38)39)21(34(15)2)13-36(3,4)9-5-6-23(37)33-22-11-17-20(12-28-22)29-14-30-24(17)32-16-7-8-18(26)19(27)10-16;/h5-8,10-12,14H,9,13H2,1-4H3,(H-,28,29,30,32,33,37);1H/b6-5+;. The van der Waals surface area contributed by atoms with Crippen molar-refractivity contribution in [2.45, 2.75) is 13.5 Å². The van der Waals surface area contributed by atoms with Crippen LogP contribution in [0.1, 0.15) is 11.5 Å². The number of aromatic nitrogens is 5. The van der Waals surface area contributed by atoms with Crippen molar-refractivity contribution in [2.24, 2.45) is 7.05 Å². The molecule has 0 fully saturated rings. The Labute approximate surface area is 250 Å². The lowest BCUT2D eigenvalue weighted by Crippen LogP contribution is -3.00. The molecule has 15 heteroatoms. The molecule has 0 radical (unpaired) electrons. The lowest BCUT2D eigenvalue weighted by molar-refractivity contribution is -0.898. The Morgan fingerprint density at radius 1 is 1.18 bits per heavy atom. The maximum atomic E-state index is 12.6. The number of carbonyl (C=O) groups excluding carboxylic acids is 1. The highest BCUT2D eigenvalue weighted by molar-refractivity contribution is 6.42. The number of benzene rings is 1. The Morgan fingerprint density at radius 2 is 1.93 bits per heavy atom. The molecule has 0 aliphatic carbocycles. The molecule has 1 aromatic carbocycles. The number of nitrogens with zero attached hydrogens (tertiary/aromatic N) is 7. The summed E-state index contributed by atoms with van der Waals surface area (Å²) in [6, 6.07) is 6.80. The van der Waals surface area contributed by atoms with Gasteiger partial charge in [-0.1, -0.05) is 23.2 Å². The zero-order valence-corrected chi connectivity index (χ0v) is 25.1. The summed E-state index contributed by atoms with van der Waals surface area (Å²) in [4.78, 5) is 40.4. The van der Waals surface area contributed by atoms with Gasteiger partial charge < -0.3 is 46.8 Å². The first-order valence-electron chi connectivity index (χ1n) is 11.7. The lowest BCUT2D eigenvalue weighted by atomic mass is 10.2. The average molecular weight is 651 g/mol. The van der Waals surface area contributed by atoms with Gasteiger partial charge in [0, 0.05) is 31.1 Å². The molecular weight excluding hydrogens is 625 g/mol. The van der Waals surface area contributed by atoms with Gasteiger partial charge in [0.15, 0.2) is 5.69 Å². The molecule has 210 valence electrons. The van der Waals surface area contributed by atoms with E-state index in [9.17, 15) is 14.9 Å². The number of anilines is 3. The van der Waals surface area contributed by atoms with Gasteiger partial charge in [0.1, 0.15) is 24.5 Å². The number of quaternary nitrogens is 1. The third-order valence-electron chi connectivity index (χ3n) is 5.99. The summed E-state index contributed by atoms with van der Waals surface area (Å²) in [6.45, 7) is 2.53. The molecule has 0 atom stereocenters. The molecule has 4 aromatic rings. The van der Waals surface area contributed by atoms with Gasteiger partial charge in [0.25, 0.3) is 0 Å². The Kier molecular flexibility index (Phi) is 9.79. The number of rotatable bonds is 9. The number of aryl methyl sites for hydroxylation is 1. The van der Waals surface area contributed by atoms with Gasteiger partial charge >= 0.3 is 5.82 Å². The minimum absolute atomic E-state index is 0. The summed E-state index contributed by atoms with van der Waals surface area (Å²) < 4.78 is 2.09. The van der Waals surface area contributed by atoms with Crippen LogP contribution in [-0.2, 0) is 18.4 Å². The maximum absolute atomic E-state index is 12.6. The summed E-state index contributed by atoms with van der Waals surface area (Å²) in [6.07, 6.45) is 6.07. The molecule has 0 saturated carbocycles. The Hall–Kier alpha value is -3.65. The fourth-order valence-corrected chi connectivity index (χ4v) is 4.18. The Balaban J connectivity index is 0.00000441. The summed E-state index contributed by atoms with van der Waals surface area (Å²) in [7, 11) is 5.59. The van der Waals surface area contributed by atoms with Crippen LogP contribution in [0.25, 0.3) is 10.9 Å². The van der Waals surface area contributed by atoms with Crippen molar-refractivity contribution in [3.05, 3.63) is 80.6 Å². The van der Waals surface area contributed by atoms with Gasteiger partial charge in [-0.15, -0.1) is 0 Å². The van der Waals surface area contributed by atoms with Crippen molar-refractivity contribution in [1.82, 2.24) is 24.5 Å². The van der Waals surface area contributed by atoms with Gasteiger partial charge in [-0.3, -0.25) is 4.79 Å². The highest BCUT2D eigenvalue weighted by atomic mass is 79.9. The van der Waals surface area contributed by atoms with Crippen molar-refractivity contribution in [3.63, 3.8) is 0 Å². The van der Waals surface area contributed by atoms with Gasteiger partial charge in [0.05, 0.1) is 42.4 Å². The quantitative estimate of drug-likeness (QED) is 0.121. The summed E-state index contributed by atoms with van der Waals surface area (Å²) in [5.41, 5.74) is 1.79. The highest BCUT2D eigenvalue weighted by Gasteiger charge is 2.29. The molecule has 0 aliphatic rings. The second-order valence-electron chi connectivity index (χ2n) is 9.48. The number of fused-ring (bicyclic) bond motifs is 1. The molecule has 1 amide bonds. The van der Waals surface area contributed by atoms with Crippen molar-refractivity contribution in [1.29, 1.82) is 0 Å². The first-order valence-corrected chi connectivity index (χ1v) is 12.5. The fraction of sp³-hybridized carbons (Fsp3) is 0.240. The normalized spacial score (nSPS) is 11.4. The largest absolute Gasteiger partial charge is 1.00 e. The van der Waals surface area contributed by atoms with Crippen LogP contribution in [0.5, 0.6) is 0 Å². The van der Waals surface area contributed by atoms with Crippen LogP contribution in [0.2, 0.25) is 10.0 Å². The average Bonchev–Trinajstić information content (AvgIpc) is 3.14. The van der Waals surface area contributed by atoms with E-state index in [1.54, 1.807) is 55.1 Å². The summed E-state index contributed by atoms with van der Waals surface area (Å²) in [5, 5.41) is 18.8. The van der Waals surface area contributed by atoms with E-state index in [1.165, 1.54) is 12.4 Å². The van der Waals surface area contributed by atoms with E-state index in [-0.39, 0.29) is 28.7 Å². The van der Waals surface area contributed by atoms with E-state index in [4.69, 9.17) is 23.2 Å². The van der Waals surface area contributed by atoms with Crippen LogP contribution in [0, 0.1) is 17.0 Å². The fourth-order valence-electron chi connectivity index (χ4n) is 3.88. The second kappa shape index (κ2) is 12.7. The monoisotopic (exact) mass is 649 g/mol. The molecule has 0 unspecified atom stereocenters. The van der Waals surface area contributed by atoms with Crippen molar-refractivity contribution in [3.8, 4) is 0 Å². The molecule has 0 aliphatic heterocycles. The first-order chi connectivity index (χ1) is 18.4. The SMILES string of the molecule is Cc1nc([N+](=O)[O-])c(C[N+](C)(C)C/C=C/C(=O)Nc2cc3c(Nc4ccc(Cl)c(Cl)c4)ncnc3cn2)n1C.[Br-]. The topological polar surface area (TPSA) is 141 Å². The molecule has 0 bridgehead atoms. The van der Waals surface area contributed by atoms with E-state index in [0.717, 1.165) is 0 Å². The van der Waals surface area contributed by atoms with Gasteiger partial charge in [-0.2, -0.15) is 0 Å². The third-order valence-corrected chi connectivity index (χ3v) is 6.73. The molecule has 40 heavy (non-hydrogen) atoms. The molecule has 12 nitrogen and oxygen atoms in total. The molecule has 0 saturated heterocycles.